The van der Waals surface area contributed by atoms with E-state index in [4.69, 9.17) is 9.53 Å². The standard InChI is InChI=1S/C10H14O3Si/c1-14(2,3)13-9-6-4-8(5-7-9)10(11)12/h4-7H,1-3H3,(H,11,12). The van der Waals surface area contributed by atoms with Gasteiger partial charge in [0, 0.05) is 0 Å². The molecule has 3 nitrogen and oxygen atoms in total. The van der Waals surface area contributed by atoms with Crippen molar-refractivity contribution in [3.8, 4) is 5.75 Å². The average molecular weight is 210 g/mol. The summed E-state index contributed by atoms with van der Waals surface area (Å²) in [6.45, 7) is 6.24. The fourth-order valence-corrected chi connectivity index (χ4v) is 1.86. The van der Waals surface area contributed by atoms with Crippen LogP contribution in [0, 0.1) is 0 Å². The lowest BCUT2D eigenvalue weighted by Gasteiger charge is -2.18. The van der Waals surface area contributed by atoms with Crippen LogP contribution in [0.3, 0.4) is 0 Å². The Balaban J connectivity index is 2.79. The van der Waals surface area contributed by atoms with Gasteiger partial charge in [0.2, 0.25) is 8.32 Å². The Morgan fingerprint density at radius 2 is 1.71 bits per heavy atom. The molecule has 0 aliphatic heterocycles. The maximum atomic E-state index is 10.6. The number of hydrogen-bond acceptors (Lipinski definition) is 2. The summed E-state index contributed by atoms with van der Waals surface area (Å²) in [5, 5.41) is 8.68. The summed E-state index contributed by atoms with van der Waals surface area (Å²) < 4.78 is 5.68. The number of rotatable bonds is 3. The Morgan fingerprint density at radius 1 is 1.21 bits per heavy atom. The number of benzene rings is 1. The highest BCUT2D eigenvalue weighted by Gasteiger charge is 2.16. The second kappa shape index (κ2) is 3.83. The van der Waals surface area contributed by atoms with Crippen LogP contribution in [0.15, 0.2) is 24.3 Å². The van der Waals surface area contributed by atoms with Crippen LogP contribution in [0.5, 0.6) is 5.75 Å². The summed E-state index contributed by atoms with van der Waals surface area (Å²) >= 11 is 0. The molecule has 1 N–H and O–H groups in total. The first-order valence-corrected chi connectivity index (χ1v) is 7.82. The molecule has 0 heterocycles. The second-order valence-corrected chi connectivity index (χ2v) is 8.47. The molecule has 0 saturated heterocycles. The van der Waals surface area contributed by atoms with Gasteiger partial charge in [0.05, 0.1) is 5.56 Å². The quantitative estimate of drug-likeness (QED) is 0.780. The number of carboxylic acids is 1. The Kier molecular flexibility index (Phi) is 2.95. The van der Waals surface area contributed by atoms with Crippen molar-refractivity contribution in [3.05, 3.63) is 29.8 Å². The van der Waals surface area contributed by atoms with Gasteiger partial charge in [-0.1, -0.05) is 0 Å². The Morgan fingerprint density at radius 3 is 2.07 bits per heavy atom. The molecule has 0 aliphatic rings. The zero-order valence-electron chi connectivity index (χ0n) is 8.57. The molecule has 0 amide bonds. The first-order valence-electron chi connectivity index (χ1n) is 4.41. The van der Waals surface area contributed by atoms with Crippen LogP contribution < -0.4 is 4.43 Å². The molecule has 0 aliphatic carbocycles. The van der Waals surface area contributed by atoms with Crippen molar-refractivity contribution in [1.29, 1.82) is 0 Å². The van der Waals surface area contributed by atoms with Gasteiger partial charge in [-0.2, -0.15) is 0 Å². The van der Waals surface area contributed by atoms with Gasteiger partial charge in [0.25, 0.3) is 0 Å². The third-order valence-electron chi connectivity index (χ3n) is 1.53. The zero-order valence-corrected chi connectivity index (χ0v) is 9.57. The van der Waals surface area contributed by atoms with Gasteiger partial charge in [-0.3, -0.25) is 0 Å². The van der Waals surface area contributed by atoms with E-state index in [2.05, 4.69) is 19.6 Å². The smallest absolute Gasteiger partial charge is 0.335 e. The predicted octanol–water partition coefficient (Wildman–Crippen LogP) is 2.60. The minimum atomic E-state index is -1.59. The molecule has 0 unspecified atom stereocenters. The van der Waals surface area contributed by atoms with E-state index in [1.54, 1.807) is 24.3 Å². The van der Waals surface area contributed by atoms with Crippen molar-refractivity contribution in [2.24, 2.45) is 0 Å². The molecule has 0 spiro atoms. The SMILES string of the molecule is C[Si](C)(C)Oc1ccc(C(=O)O)cc1. The van der Waals surface area contributed by atoms with Gasteiger partial charge in [0.15, 0.2) is 0 Å². The molecule has 76 valence electrons. The van der Waals surface area contributed by atoms with E-state index < -0.39 is 14.3 Å². The Bertz CT molecular complexity index is 324. The van der Waals surface area contributed by atoms with Gasteiger partial charge in [0.1, 0.15) is 5.75 Å². The van der Waals surface area contributed by atoms with Crippen molar-refractivity contribution >= 4 is 14.3 Å². The molecule has 4 heteroatoms. The first kappa shape index (κ1) is 10.8. The Hall–Kier alpha value is -1.29. The molecule has 1 aromatic rings. The highest BCUT2D eigenvalue weighted by molar-refractivity contribution is 6.70. The fourth-order valence-electron chi connectivity index (χ4n) is 1.02. The van der Waals surface area contributed by atoms with Crippen molar-refractivity contribution in [2.45, 2.75) is 19.6 Å². The third kappa shape index (κ3) is 3.22. The molecule has 1 rings (SSSR count). The lowest BCUT2D eigenvalue weighted by atomic mass is 10.2. The predicted molar refractivity (Wildman–Crippen MR) is 57.4 cm³/mol. The highest BCUT2D eigenvalue weighted by atomic mass is 28.4. The van der Waals surface area contributed by atoms with Gasteiger partial charge >= 0.3 is 5.97 Å². The molecule has 0 radical (unpaired) electrons. The van der Waals surface area contributed by atoms with E-state index in [-0.39, 0.29) is 5.56 Å². The van der Waals surface area contributed by atoms with E-state index in [1.165, 1.54) is 0 Å². The molecule has 0 fully saturated rings. The monoisotopic (exact) mass is 210 g/mol. The van der Waals surface area contributed by atoms with Crippen molar-refractivity contribution in [2.75, 3.05) is 0 Å². The summed E-state index contributed by atoms with van der Waals surface area (Å²) in [7, 11) is -1.59. The first-order chi connectivity index (χ1) is 6.38. The highest BCUT2D eigenvalue weighted by Crippen LogP contribution is 2.16. The maximum absolute atomic E-state index is 10.6. The summed E-state index contributed by atoms with van der Waals surface area (Å²) in [6, 6.07) is 6.50. The summed E-state index contributed by atoms with van der Waals surface area (Å²) in [4.78, 5) is 10.6. The minimum Gasteiger partial charge on any atom is -0.544 e. The average Bonchev–Trinajstić information content (AvgIpc) is 2.02. The van der Waals surface area contributed by atoms with Crippen LogP contribution in [0.1, 0.15) is 10.4 Å². The van der Waals surface area contributed by atoms with Crippen LogP contribution in [0.25, 0.3) is 0 Å². The van der Waals surface area contributed by atoms with Gasteiger partial charge in [-0.15, -0.1) is 0 Å². The van der Waals surface area contributed by atoms with Gasteiger partial charge in [-0.05, 0) is 43.9 Å². The van der Waals surface area contributed by atoms with E-state index in [9.17, 15) is 4.79 Å². The lowest BCUT2D eigenvalue weighted by molar-refractivity contribution is 0.0697. The number of hydrogen-bond donors (Lipinski definition) is 1. The van der Waals surface area contributed by atoms with Gasteiger partial charge < -0.3 is 9.53 Å². The van der Waals surface area contributed by atoms with Crippen molar-refractivity contribution < 1.29 is 14.3 Å². The molecule has 0 atom stereocenters. The zero-order chi connectivity index (χ0) is 10.8. The van der Waals surface area contributed by atoms with Crippen LogP contribution >= 0.6 is 0 Å². The summed E-state index contributed by atoms with van der Waals surface area (Å²) in [5.41, 5.74) is 0.285. The van der Waals surface area contributed by atoms with Crippen molar-refractivity contribution in [1.82, 2.24) is 0 Å². The number of carbonyl (C=O) groups is 1. The van der Waals surface area contributed by atoms with Crippen LogP contribution in [0.4, 0.5) is 0 Å². The van der Waals surface area contributed by atoms with Crippen LogP contribution in [-0.2, 0) is 0 Å². The summed E-state index contributed by atoms with van der Waals surface area (Å²) in [6.07, 6.45) is 0. The maximum Gasteiger partial charge on any atom is 0.335 e. The molecule has 1 aromatic carbocycles. The largest absolute Gasteiger partial charge is 0.544 e. The molecule has 0 aromatic heterocycles. The van der Waals surface area contributed by atoms with Crippen LogP contribution in [0.2, 0.25) is 19.6 Å². The van der Waals surface area contributed by atoms with E-state index in [0.29, 0.717) is 0 Å². The van der Waals surface area contributed by atoms with Crippen molar-refractivity contribution in [3.63, 3.8) is 0 Å². The minimum absolute atomic E-state index is 0.285. The number of carboxylic acid groups (broad SMARTS) is 1. The number of aromatic carboxylic acids is 1. The summed E-state index contributed by atoms with van der Waals surface area (Å²) in [5.74, 6) is -0.168. The second-order valence-electron chi connectivity index (χ2n) is 4.04. The normalized spacial score (nSPS) is 11.1. The molecule has 14 heavy (non-hydrogen) atoms. The van der Waals surface area contributed by atoms with E-state index in [0.717, 1.165) is 5.75 Å². The Labute approximate surface area is 84.5 Å². The van der Waals surface area contributed by atoms with Crippen LogP contribution in [-0.4, -0.2) is 19.4 Å². The molecular formula is C10H14O3Si. The van der Waals surface area contributed by atoms with E-state index >= 15 is 0 Å². The van der Waals surface area contributed by atoms with E-state index in [1.807, 2.05) is 0 Å². The van der Waals surface area contributed by atoms with Gasteiger partial charge in [-0.25, -0.2) is 4.79 Å². The molecule has 0 bridgehead atoms. The fraction of sp³-hybridized carbons (Fsp3) is 0.300. The molecule has 0 saturated carbocycles. The molecular weight excluding hydrogens is 196 g/mol. The third-order valence-corrected chi connectivity index (χ3v) is 2.37. The lowest BCUT2D eigenvalue weighted by Crippen LogP contribution is -2.29. The topological polar surface area (TPSA) is 46.5 Å².